The van der Waals surface area contributed by atoms with Crippen LogP contribution in [0.25, 0.3) is 0 Å². The van der Waals surface area contributed by atoms with Crippen LogP contribution in [-0.4, -0.2) is 8.42 Å². The molecule has 0 aliphatic carbocycles. The van der Waals surface area contributed by atoms with E-state index in [1.165, 1.54) is 6.07 Å². The number of nitrogens with one attached hydrogen (secondary N) is 1. The van der Waals surface area contributed by atoms with Crippen LogP contribution in [0.15, 0.2) is 53.4 Å². The molecular formula is C12H15Cl2N3O2S. The van der Waals surface area contributed by atoms with E-state index >= 15 is 0 Å². The molecule has 5 N–H and O–H groups in total. The summed E-state index contributed by atoms with van der Waals surface area (Å²) in [6.45, 7) is 0. The van der Waals surface area contributed by atoms with Gasteiger partial charge in [0.05, 0.1) is 11.4 Å². The highest BCUT2D eigenvalue weighted by molar-refractivity contribution is 7.92. The average Bonchev–Trinajstić information content (AvgIpc) is 2.33. The molecule has 0 aliphatic rings. The van der Waals surface area contributed by atoms with E-state index < -0.39 is 10.0 Å². The monoisotopic (exact) mass is 335 g/mol. The van der Waals surface area contributed by atoms with E-state index in [-0.39, 0.29) is 41.1 Å². The van der Waals surface area contributed by atoms with E-state index in [9.17, 15) is 8.42 Å². The summed E-state index contributed by atoms with van der Waals surface area (Å²) in [5.41, 5.74) is 12.0. The van der Waals surface area contributed by atoms with Crippen molar-refractivity contribution in [2.75, 3.05) is 16.2 Å². The minimum Gasteiger partial charge on any atom is -0.397 e. The summed E-state index contributed by atoms with van der Waals surface area (Å²) >= 11 is 0. The number of nitrogen functional groups attached to an aromatic ring is 2. The summed E-state index contributed by atoms with van der Waals surface area (Å²) in [6.07, 6.45) is 0. The molecule has 0 atom stereocenters. The lowest BCUT2D eigenvalue weighted by molar-refractivity contribution is 0.601. The molecule has 0 heterocycles. The molecule has 2 aromatic rings. The maximum Gasteiger partial charge on any atom is 0.264 e. The number of hydrogen-bond acceptors (Lipinski definition) is 4. The highest BCUT2D eigenvalue weighted by Gasteiger charge is 2.18. The van der Waals surface area contributed by atoms with Crippen molar-refractivity contribution in [2.45, 2.75) is 4.90 Å². The van der Waals surface area contributed by atoms with Gasteiger partial charge in [-0.15, -0.1) is 24.8 Å². The van der Waals surface area contributed by atoms with E-state index in [0.717, 1.165) is 0 Å². The van der Waals surface area contributed by atoms with Gasteiger partial charge in [0, 0.05) is 5.69 Å². The Kier molecular flexibility index (Phi) is 6.64. The van der Waals surface area contributed by atoms with Crippen LogP contribution in [0.4, 0.5) is 17.1 Å². The van der Waals surface area contributed by atoms with Crippen molar-refractivity contribution < 1.29 is 8.42 Å². The number of nitrogens with two attached hydrogens (primary N) is 2. The molecule has 0 bridgehead atoms. The van der Waals surface area contributed by atoms with Crippen molar-refractivity contribution in [1.29, 1.82) is 0 Å². The Hall–Kier alpha value is -1.63. The summed E-state index contributed by atoms with van der Waals surface area (Å²) in [5.74, 6) is 0. The summed E-state index contributed by atoms with van der Waals surface area (Å²) in [4.78, 5) is -0.0219. The molecule has 20 heavy (non-hydrogen) atoms. The van der Waals surface area contributed by atoms with Gasteiger partial charge < -0.3 is 11.5 Å². The van der Waals surface area contributed by atoms with Gasteiger partial charge in [-0.05, 0) is 24.3 Å². The van der Waals surface area contributed by atoms with Gasteiger partial charge in [-0.25, -0.2) is 8.42 Å². The summed E-state index contributed by atoms with van der Waals surface area (Å²) in [5, 5.41) is 0. The van der Waals surface area contributed by atoms with Gasteiger partial charge in [-0.3, -0.25) is 4.72 Å². The summed E-state index contributed by atoms with van der Waals surface area (Å²) in [7, 11) is -3.72. The third-order valence-electron chi connectivity index (χ3n) is 2.42. The third-order valence-corrected chi connectivity index (χ3v) is 3.85. The fraction of sp³-hybridized carbons (Fsp3) is 0. The highest BCUT2D eigenvalue weighted by atomic mass is 35.5. The van der Waals surface area contributed by atoms with Crippen LogP contribution >= 0.6 is 24.8 Å². The van der Waals surface area contributed by atoms with Gasteiger partial charge in [-0.1, -0.05) is 24.3 Å². The Balaban J connectivity index is 0.00000180. The fourth-order valence-corrected chi connectivity index (χ4v) is 2.73. The van der Waals surface area contributed by atoms with Crippen molar-refractivity contribution in [3.8, 4) is 0 Å². The molecule has 0 aliphatic heterocycles. The van der Waals surface area contributed by atoms with Crippen molar-refractivity contribution in [3.05, 3.63) is 48.5 Å². The Labute approximate surface area is 130 Å². The van der Waals surface area contributed by atoms with E-state index in [1.807, 2.05) is 0 Å². The molecule has 0 unspecified atom stereocenters. The lowest BCUT2D eigenvalue weighted by atomic mass is 10.3. The molecule has 0 saturated heterocycles. The lowest BCUT2D eigenvalue weighted by Gasteiger charge is -2.11. The Morgan fingerprint density at radius 2 is 1.45 bits per heavy atom. The minimum absolute atomic E-state index is 0. The predicted octanol–water partition coefficient (Wildman–Crippen LogP) is 2.50. The second kappa shape index (κ2) is 7.23. The average molecular weight is 336 g/mol. The van der Waals surface area contributed by atoms with E-state index in [1.54, 1.807) is 42.5 Å². The number of rotatable bonds is 3. The maximum absolute atomic E-state index is 12.1. The zero-order valence-electron chi connectivity index (χ0n) is 10.3. The zero-order valence-corrected chi connectivity index (χ0v) is 12.8. The first-order valence-corrected chi connectivity index (χ1v) is 6.71. The van der Waals surface area contributed by atoms with Crippen LogP contribution < -0.4 is 16.2 Å². The standard InChI is InChI=1S/C12H13N3O2S.2ClH/c13-10-7-4-8-11(12(10)14)18(16,17)15-9-5-2-1-3-6-9;;/h1-8,15H,13-14H2;2*1H. The van der Waals surface area contributed by atoms with Crippen molar-refractivity contribution in [3.63, 3.8) is 0 Å². The Morgan fingerprint density at radius 1 is 0.850 bits per heavy atom. The number of para-hydroxylation sites is 2. The molecular weight excluding hydrogens is 321 g/mol. The number of hydrogen-bond donors (Lipinski definition) is 3. The first-order chi connectivity index (χ1) is 8.50. The normalized spacial score (nSPS) is 10.0. The van der Waals surface area contributed by atoms with Gasteiger partial charge in [0.2, 0.25) is 0 Å². The molecule has 0 aromatic heterocycles. The van der Waals surface area contributed by atoms with E-state index in [2.05, 4.69) is 4.72 Å². The lowest BCUT2D eigenvalue weighted by Crippen LogP contribution is -2.15. The smallest absolute Gasteiger partial charge is 0.264 e. The minimum atomic E-state index is -3.72. The molecule has 2 aromatic carbocycles. The number of halogens is 2. The van der Waals surface area contributed by atoms with Crippen molar-refractivity contribution in [2.24, 2.45) is 0 Å². The van der Waals surface area contributed by atoms with Gasteiger partial charge >= 0.3 is 0 Å². The van der Waals surface area contributed by atoms with Crippen LogP contribution in [-0.2, 0) is 10.0 Å². The largest absolute Gasteiger partial charge is 0.397 e. The molecule has 0 radical (unpaired) electrons. The van der Waals surface area contributed by atoms with Crippen molar-refractivity contribution in [1.82, 2.24) is 0 Å². The van der Waals surface area contributed by atoms with E-state index in [4.69, 9.17) is 11.5 Å². The van der Waals surface area contributed by atoms with Gasteiger partial charge in [-0.2, -0.15) is 0 Å². The SMILES string of the molecule is Cl.Cl.Nc1cccc(S(=O)(=O)Nc2ccccc2)c1N. The van der Waals surface area contributed by atoms with Crippen LogP contribution in [0.5, 0.6) is 0 Å². The fourth-order valence-electron chi connectivity index (χ4n) is 1.51. The van der Waals surface area contributed by atoms with Crippen LogP contribution in [0, 0.1) is 0 Å². The molecule has 8 heteroatoms. The zero-order chi connectivity index (χ0) is 13.2. The maximum atomic E-state index is 12.1. The first-order valence-electron chi connectivity index (χ1n) is 5.22. The summed E-state index contributed by atoms with van der Waals surface area (Å²) in [6, 6.07) is 13.1. The molecule has 5 nitrogen and oxygen atoms in total. The number of anilines is 3. The van der Waals surface area contributed by atoms with Crippen LogP contribution in [0.2, 0.25) is 0 Å². The third kappa shape index (κ3) is 3.93. The van der Waals surface area contributed by atoms with Crippen molar-refractivity contribution >= 4 is 51.9 Å². The number of benzene rings is 2. The van der Waals surface area contributed by atoms with E-state index in [0.29, 0.717) is 5.69 Å². The van der Waals surface area contributed by atoms with Crippen LogP contribution in [0.1, 0.15) is 0 Å². The van der Waals surface area contributed by atoms with Gasteiger partial charge in [0.15, 0.2) is 0 Å². The molecule has 0 saturated carbocycles. The molecule has 0 amide bonds. The number of sulfonamides is 1. The highest BCUT2D eigenvalue weighted by Crippen LogP contribution is 2.25. The van der Waals surface area contributed by atoms with Gasteiger partial charge in [0.25, 0.3) is 10.0 Å². The Morgan fingerprint density at radius 3 is 2.05 bits per heavy atom. The Bertz CT molecular complexity index is 664. The predicted molar refractivity (Wildman–Crippen MR) is 87.0 cm³/mol. The van der Waals surface area contributed by atoms with Gasteiger partial charge in [0.1, 0.15) is 4.90 Å². The molecule has 0 fully saturated rings. The quantitative estimate of drug-likeness (QED) is 0.750. The summed E-state index contributed by atoms with van der Waals surface area (Å²) < 4.78 is 26.7. The molecule has 0 spiro atoms. The second-order valence-electron chi connectivity index (χ2n) is 3.73. The topological polar surface area (TPSA) is 98.2 Å². The second-order valence-corrected chi connectivity index (χ2v) is 5.38. The van der Waals surface area contributed by atoms with Crippen LogP contribution in [0.3, 0.4) is 0 Å². The molecule has 2 rings (SSSR count). The molecule has 110 valence electrons. The first kappa shape index (κ1) is 18.4.